The third kappa shape index (κ3) is 3.58. The first-order chi connectivity index (χ1) is 9.76. The molecule has 0 saturated carbocycles. The molecule has 0 bridgehead atoms. The van der Waals surface area contributed by atoms with E-state index in [1.165, 1.54) is 25.7 Å². The lowest BCUT2D eigenvalue weighted by atomic mass is 9.90. The van der Waals surface area contributed by atoms with Gasteiger partial charge in [-0.2, -0.15) is 0 Å². The molecular formula is C16H25N3O. The summed E-state index contributed by atoms with van der Waals surface area (Å²) < 4.78 is 0. The topological polar surface area (TPSA) is 58.4 Å². The molecule has 2 rings (SSSR count). The van der Waals surface area contributed by atoms with Crippen molar-refractivity contribution in [2.24, 2.45) is 11.8 Å². The highest BCUT2D eigenvalue weighted by molar-refractivity contribution is 5.82. The van der Waals surface area contributed by atoms with Gasteiger partial charge in [0.05, 0.1) is 0 Å². The van der Waals surface area contributed by atoms with E-state index in [-0.39, 0.29) is 11.9 Å². The van der Waals surface area contributed by atoms with Crippen LogP contribution in [0.15, 0.2) is 30.3 Å². The van der Waals surface area contributed by atoms with E-state index in [9.17, 15) is 4.79 Å². The molecule has 4 nitrogen and oxygen atoms in total. The second-order valence-electron chi connectivity index (χ2n) is 5.59. The van der Waals surface area contributed by atoms with E-state index in [1.54, 1.807) is 0 Å². The number of amides is 1. The van der Waals surface area contributed by atoms with Gasteiger partial charge >= 0.3 is 0 Å². The van der Waals surface area contributed by atoms with E-state index in [0.29, 0.717) is 0 Å². The highest BCUT2D eigenvalue weighted by Crippen LogP contribution is 2.28. The van der Waals surface area contributed by atoms with Crippen LogP contribution in [-0.4, -0.2) is 23.9 Å². The number of nitrogens with one attached hydrogen (secondary N) is 1. The largest absolute Gasteiger partial charge is 0.293 e. The molecule has 1 heterocycles. The summed E-state index contributed by atoms with van der Waals surface area (Å²) in [7, 11) is 0. The van der Waals surface area contributed by atoms with E-state index in [4.69, 9.17) is 5.84 Å². The van der Waals surface area contributed by atoms with Gasteiger partial charge in [0.2, 0.25) is 0 Å². The number of nitrogens with zero attached hydrogens (tertiary/aromatic N) is 1. The Morgan fingerprint density at radius 3 is 2.55 bits per heavy atom. The molecular weight excluding hydrogens is 250 g/mol. The molecule has 1 amide bonds. The van der Waals surface area contributed by atoms with E-state index >= 15 is 0 Å². The second-order valence-corrected chi connectivity index (χ2v) is 5.59. The average molecular weight is 275 g/mol. The minimum atomic E-state index is -0.260. The molecule has 110 valence electrons. The van der Waals surface area contributed by atoms with E-state index < -0.39 is 0 Å². The maximum Gasteiger partial charge on any atom is 0.255 e. The summed E-state index contributed by atoms with van der Waals surface area (Å²) in [4.78, 5) is 14.4. The molecule has 1 atom stereocenters. The lowest BCUT2D eigenvalue weighted by Crippen LogP contribution is -2.46. The van der Waals surface area contributed by atoms with Crippen molar-refractivity contribution in [1.82, 2.24) is 10.3 Å². The molecule has 20 heavy (non-hydrogen) atoms. The molecule has 1 fully saturated rings. The van der Waals surface area contributed by atoms with Gasteiger partial charge in [-0.05, 0) is 37.4 Å². The molecule has 1 aromatic rings. The molecule has 1 aliphatic heterocycles. The smallest absolute Gasteiger partial charge is 0.255 e. The van der Waals surface area contributed by atoms with Crippen molar-refractivity contribution in [1.29, 1.82) is 0 Å². The Balaban J connectivity index is 2.07. The van der Waals surface area contributed by atoms with Crippen molar-refractivity contribution >= 4 is 5.91 Å². The van der Waals surface area contributed by atoms with Crippen LogP contribution in [0.2, 0.25) is 0 Å². The monoisotopic (exact) mass is 275 g/mol. The maximum atomic E-state index is 12.1. The average Bonchev–Trinajstić information content (AvgIpc) is 2.50. The van der Waals surface area contributed by atoms with Gasteiger partial charge in [0, 0.05) is 0 Å². The Hall–Kier alpha value is -1.39. The second kappa shape index (κ2) is 7.41. The van der Waals surface area contributed by atoms with Crippen LogP contribution in [0.1, 0.15) is 44.2 Å². The molecule has 0 aliphatic carbocycles. The summed E-state index contributed by atoms with van der Waals surface area (Å²) in [5.74, 6) is 6.06. The quantitative estimate of drug-likeness (QED) is 0.492. The Bertz CT molecular complexity index is 413. The summed E-state index contributed by atoms with van der Waals surface area (Å²) in [5, 5.41) is 0. The number of carbonyl (C=O) groups is 1. The molecule has 1 aliphatic rings. The summed E-state index contributed by atoms with van der Waals surface area (Å²) in [6.07, 6.45) is 4.90. The van der Waals surface area contributed by atoms with Crippen LogP contribution in [0.3, 0.4) is 0 Å². The molecule has 3 N–H and O–H groups in total. The number of hydrazine groups is 1. The Morgan fingerprint density at radius 1 is 1.35 bits per heavy atom. The van der Waals surface area contributed by atoms with Crippen molar-refractivity contribution in [2.45, 2.75) is 38.6 Å². The molecule has 0 spiro atoms. The standard InChI is InChI=1S/C16H25N3O/c1-2-6-13-9-11-19(12-10-13)15(16(20)18-17)14-7-4-3-5-8-14/h3-5,7-8,13,15H,2,6,9-12,17H2,1H3,(H,18,20). The Morgan fingerprint density at radius 2 is 2.00 bits per heavy atom. The Labute approximate surface area is 121 Å². The fourth-order valence-corrected chi connectivity index (χ4v) is 3.15. The normalized spacial score (nSPS) is 18.7. The number of benzene rings is 1. The first-order valence-electron chi connectivity index (χ1n) is 7.55. The molecule has 4 heteroatoms. The predicted octanol–water partition coefficient (Wildman–Crippen LogP) is 2.23. The van der Waals surface area contributed by atoms with Crippen LogP contribution in [0.4, 0.5) is 0 Å². The van der Waals surface area contributed by atoms with Crippen LogP contribution < -0.4 is 11.3 Å². The van der Waals surface area contributed by atoms with Crippen molar-refractivity contribution in [2.75, 3.05) is 13.1 Å². The van der Waals surface area contributed by atoms with Crippen LogP contribution in [0.25, 0.3) is 0 Å². The predicted molar refractivity (Wildman–Crippen MR) is 80.7 cm³/mol. The van der Waals surface area contributed by atoms with Gasteiger partial charge in [-0.3, -0.25) is 15.1 Å². The molecule has 1 aromatic carbocycles. The third-order valence-corrected chi connectivity index (χ3v) is 4.22. The van der Waals surface area contributed by atoms with Crippen LogP contribution in [0.5, 0.6) is 0 Å². The highest BCUT2D eigenvalue weighted by Gasteiger charge is 2.30. The van der Waals surface area contributed by atoms with Gasteiger partial charge in [0.25, 0.3) is 5.91 Å². The summed E-state index contributed by atoms with van der Waals surface area (Å²) in [5.41, 5.74) is 3.33. The van der Waals surface area contributed by atoms with Crippen LogP contribution >= 0.6 is 0 Å². The summed E-state index contributed by atoms with van der Waals surface area (Å²) in [6.45, 7) is 4.18. The number of hydrogen-bond donors (Lipinski definition) is 2. The molecule has 0 aromatic heterocycles. The minimum Gasteiger partial charge on any atom is -0.293 e. The maximum absolute atomic E-state index is 12.1. The number of nitrogens with two attached hydrogens (primary N) is 1. The summed E-state index contributed by atoms with van der Waals surface area (Å²) in [6, 6.07) is 9.64. The minimum absolute atomic E-state index is 0.120. The SMILES string of the molecule is CCCC1CCN(C(C(=O)NN)c2ccccc2)CC1. The zero-order valence-corrected chi connectivity index (χ0v) is 12.2. The van der Waals surface area contributed by atoms with E-state index in [2.05, 4.69) is 17.2 Å². The number of piperidine rings is 1. The van der Waals surface area contributed by atoms with Crippen molar-refractivity contribution in [3.63, 3.8) is 0 Å². The van der Waals surface area contributed by atoms with Gasteiger partial charge in [-0.15, -0.1) is 0 Å². The number of hydrogen-bond acceptors (Lipinski definition) is 3. The van der Waals surface area contributed by atoms with Crippen molar-refractivity contribution < 1.29 is 4.79 Å². The highest BCUT2D eigenvalue weighted by atomic mass is 16.2. The fourth-order valence-electron chi connectivity index (χ4n) is 3.15. The first-order valence-corrected chi connectivity index (χ1v) is 7.55. The van der Waals surface area contributed by atoms with Crippen molar-refractivity contribution in [3.8, 4) is 0 Å². The number of rotatable bonds is 5. The molecule has 1 saturated heterocycles. The van der Waals surface area contributed by atoms with E-state index in [0.717, 1.165) is 24.6 Å². The van der Waals surface area contributed by atoms with Gasteiger partial charge in [-0.25, -0.2) is 5.84 Å². The lowest BCUT2D eigenvalue weighted by molar-refractivity contribution is -0.127. The van der Waals surface area contributed by atoms with E-state index in [1.807, 2.05) is 30.3 Å². The van der Waals surface area contributed by atoms with Crippen molar-refractivity contribution in [3.05, 3.63) is 35.9 Å². The number of carbonyl (C=O) groups excluding carboxylic acids is 1. The fraction of sp³-hybridized carbons (Fsp3) is 0.562. The lowest BCUT2D eigenvalue weighted by Gasteiger charge is -2.36. The van der Waals surface area contributed by atoms with Gasteiger partial charge in [-0.1, -0.05) is 50.1 Å². The van der Waals surface area contributed by atoms with Crippen LogP contribution in [0, 0.1) is 5.92 Å². The Kier molecular flexibility index (Phi) is 5.56. The zero-order valence-electron chi connectivity index (χ0n) is 12.2. The van der Waals surface area contributed by atoms with Gasteiger partial charge in [0.15, 0.2) is 0 Å². The third-order valence-electron chi connectivity index (χ3n) is 4.22. The summed E-state index contributed by atoms with van der Waals surface area (Å²) >= 11 is 0. The zero-order chi connectivity index (χ0) is 14.4. The van der Waals surface area contributed by atoms with Crippen LogP contribution in [-0.2, 0) is 4.79 Å². The molecule has 1 unspecified atom stereocenters. The number of likely N-dealkylation sites (tertiary alicyclic amines) is 1. The first kappa shape index (κ1) is 15.0. The van der Waals surface area contributed by atoms with Gasteiger partial charge < -0.3 is 0 Å². The molecule has 0 radical (unpaired) electrons. The van der Waals surface area contributed by atoms with Gasteiger partial charge in [0.1, 0.15) is 6.04 Å².